The second-order valence-electron chi connectivity index (χ2n) is 10.8. The monoisotopic (exact) mass is 592 g/mol. The molecule has 0 bridgehead atoms. The second kappa shape index (κ2) is 13.7. The van der Waals surface area contributed by atoms with E-state index in [-0.39, 0.29) is 35.2 Å². The van der Waals surface area contributed by atoms with Crippen LogP contribution in [0.2, 0.25) is 0 Å². The third kappa shape index (κ3) is 7.69. The summed E-state index contributed by atoms with van der Waals surface area (Å²) in [5, 5.41) is 0. The largest absolute Gasteiger partial charge is 0.422 e. The molecule has 4 rings (SSSR count). The van der Waals surface area contributed by atoms with Gasteiger partial charge in [-0.2, -0.15) is 13.2 Å². The number of alkyl halides is 3. The molecular formula is C34H32F8. The molecule has 0 unspecified atom stereocenters. The maximum Gasteiger partial charge on any atom is 0.422 e. The van der Waals surface area contributed by atoms with Gasteiger partial charge in [0.2, 0.25) is 0 Å². The summed E-state index contributed by atoms with van der Waals surface area (Å²) < 4.78 is 110. The smallest absolute Gasteiger partial charge is 0.209 e. The van der Waals surface area contributed by atoms with Crippen molar-refractivity contribution in [2.45, 2.75) is 70.4 Å². The van der Waals surface area contributed by atoms with E-state index in [1.807, 2.05) is 6.92 Å². The lowest BCUT2D eigenvalue weighted by molar-refractivity contribution is -0.142. The van der Waals surface area contributed by atoms with Crippen molar-refractivity contribution in [2.75, 3.05) is 0 Å². The molecule has 0 amide bonds. The van der Waals surface area contributed by atoms with E-state index in [1.54, 1.807) is 36.4 Å². The highest BCUT2D eigenvalue weighted by Crippen LogP contribution is 2.41. The number of rotatable bonds is 9. The zero-order valence-corrected chi connectivity index (χ0v) is 23.2. The molecule has 0 spiro atoms. The van der Waals surface area contributed by atoms with Crippen LogP contribution in [0.1, 0.15) is 80.0 Å². The molecule has 0 aliphatic heterocycles. The molecule has 3 aromatic carbocycles. The number of halogens is 8. The van der Waals surface area contributed by atoms with E-state index >= 15 is 0 Å². The summed E-state index contributed by atoms with van der Waals surface area (Å²) in [5.41, 5.74) is 0.314. The fourth-order valence-corrected chi connectivity index (χ4v) is 5.63. The van der Waals surface area contributed by atoms with E-state index in [9.17, 15) is 35.1 Å². The highest BCUT2D eigenvalue weighted by Gasteiger charge is 2.38. The molecule has 1 aliphatic rings. The van der Waals surface area contributed by atoms with E-state index in [0.717, 1.165) is 25.0 Å². The van der Waals surface area contributed by atoms with Crippen LogP contribution in [0.25, 0.3) is 17.0 Å². The normalized spacial score (nSPS) is 18.4. The van der Waals surface area contributed by atoms with Gasteiger partial charge in [-0.05, 0) is 104 Å². The quantitative estimate of drug-likeness (QED) is 0.171. The minimum Gasteiger partial charge on any atom is -0.209 e. The van der Waals surface area contributed by atoms with Gasteiger partial charge in [0.05, 0.1) is 0 Å². The number of hydrogen-bond acceptors (Lipinski definition) is 0. The van der Waals surface area contributed by atoms with Gasteiger partial charge in [-0.3, -0.25) is 0 Å². The molecule has 1 saturated carbocycles. The third-order valence-corrected chi connectivity index (χ3v) is 8.02. The molecule has 8 heteroatoms. The first-order valence-corrected chi connectivity index (χ1v) is 14.1. The van der Waals surface area contributed by atoms with Crippen LogP contribution in [0, 0.1) is 23.4 Å². The molecule has 1 aliphatic carbocycles. The fraction of sp³-hybridized carbons (Fsp3) is 0.353. The Morgan fingerprint density at radius 2 is 1.43 bits per heavy atom. The summed E-state index contributed by atoms with van der Waals surface area (Å²) in [6.45, 7) is 1.81. The van der Waals surface area contributed by atoms with Gasteiger partial charge in [0.25, 0.3) is 0 Å². The Kier molecular flexibility index (Phi) is 10.3. The highest BCUT2D eigenvalue weighted by atomic mass is 19.4. The molecular weight excluding hydrogens is 560 g/mol. The Hall–Kier alpha value is -3.42. The van der Waals surface area contributed by atoms with Crippen molar-refractivity contribution in [1.29, 1.82) is 0 Å². The van der Waals surface area contributed by atoms with Gasteiger partial charge < -0.3 is 0 Å². The molecule has 0 heterocycles. The van der Waals surface area contributed by atoms with Crippen molar-refractivity contribution >= 4 is 5.83 Å². The molecule has 224 valence electrons. The van der Waals surface area contributed by atoms with Crippen molar-refractivity contribution in [3.63, 3.8) is 0 Å². The first-order valence-electron chi connectivity index (χ1n) is 14.1. The number of allylic oxidation sites excluding steroid dienone is 3. The molecule has 0 nitrogen and oxygen atoms in total. The van der Waals surface area contributed by atoms with Crippen molar-refractivity contribution in [3.8, 4) is 11.1 Å². The van der Waals surface area contributed by atoms with Crippen LogP contribution in [0.4, 0.5) is 35.1 Å². The predicted octanol–water partition coefficient (Wildman–Crippen LogP) is 11.7. The molecule has 0 N–H and O–H groups in total. The maximum absolute atomic E-state index is 15.0. The van der Waals surface area contributed by atoms with Crippen molar-refractivity contribution in [1.82, 2.24) is 0 Å². The predicted molar refractivity (Wildman–Crippen MR) is 149 cm³/mol. The standard InChI is InChI=1S/C34H32F8/c1-2-3-4-5-28(35)33(39)25-15-12-22(13-16-25)26-17-14-24(29(36)18-26)11-8-21-6-9-23(10-7-21)27-19-30(37)32(31(38)20-27)34(40,41)42/h2-3,12-21,23H,4-11H2,1H3. The van der Waals surface area contributed by atoms with Gasteiger partial charge in [-0.15, -0.1) is 0 Å². The van der Waals surface area contributed by atoms with E-state index in [4.69, 9.17) is 0 Å². The number of hydrogen-bond donors (Lipinski definition) is 0. The topological polar surface area (TPSA) is 0 Å². The van der Waals surface area contributed by atoms with Gasteiger partial charge in [0.15, 0.2) is 5.83 Å². The van der Waals surface area contributed by atoms with Crippen LogP contribution < -0.4 is 0 Å². The molecule has 0 radical (unpaired) electrons. The van der Waals surface area contributed by atoms with Crippen LogP contribution in [0.15, 0.2) is 72.6 Å². The van der Waals surface area contributed by atoms with E-state index in [0.29, 0.717) is 48.8 Å². The van der Waals surface area contributed by atoms with Gasteiger partial charge in [0.1, 0.15) is 28.8 Å². The summed E-state index contributed by atoms with van der Waals surface area (Å²) in [6.07, 6.45) is 2.65. The molecule has 3 aromatic rings. The van der Waals surface area contributed by atoms with E-state index < -0.39 is 35.0 Å². The van der Waals surface area contributed by atoms with Gasteiger partial charge in [0, 0.05) is 12.0 Å². The minimum absolute atomic E-state index is 0.0227. The Balaban J connectivity index is 1.32. The molecule has 0 atom stereocenters. The second-order valence-corrected chi connectivity index (χ2v) is 10.8. The van der Waals surface area contributed by atoms with E-state index in [1.165, 1.54) is 18.2 Å². The Morgan fingerprint density at radius 1 is 0.810 bits per heavy atom. The van der Waals surface area contributed by atoms with Crippen LogP contribution in [0.5, 0.6) is 0 Å². The Bertz CT molecular complexity index is 1400. The first kappa shape index (κ1) is 31.5. The molecule has 42 heavy (non-hydrogen) atoms. The van der Waals surface area contributed by atoms with Crippen LogP contribution >= 0.6 is 0 Å². The average molecular weight is 593 g/mol. The lowest BCUT2D eigenvalue weighted by Gasteiger charge is -2.29. The third-order valence-electron chi connectivity index (χ3n) is 8.02. The van der Waals surface area contributed by atoms with Crippen molar-refractivity contribution in [2.24, 2.45) is 5.92 Å². The molecule has 1 fully saturated rings. The highest BCUT2D eigenvalue weighted by molar-refractivity contribution is 5.68. The van der Waals surface area contributed by atoms with Gasteiger partial charge >= 0.3 is 6.18 Å². The summed E-state index contributed by atoms with van der Waals surface area (Å²) in [4.78, 5) is 0. The first-order chi connectivity index (χ1) is 20.0. The van der Waals surface area contributed by atoms with Gasteiger partial charge in [-0.25, -0.2) is 22.0 Å². The van der Waals surface area contributed by atoms with Crippen LogP contribution in [-0.4, -0.2) is 0 Å². The molecule has 0 aromatic heterocycles. The summed E-state index contributed by atoms with van der Waals surface area (Å²) in [6, 6.07) is 12.7. The SMILES string of the molecule is CC=CCCC(F)=C(F)c1ccc(-c2ccc(CCC3CCC(c4cc(F)c(C(F)(F)F)c(F)c4)CC3)c(F)c2)cc1. The minimum atomic E-state index is -5.09. The summed E-state index contributed by atoms with van der Waals surface area (Å²) >= 11 is 0. The zero-order chi connectivity index (χ0) is 30.4. The van der Waals surface area contributed by atoms with Crippen LogP contribution in [0.3, 0.4) is 0 Å². The van der Waals surface area contributed by atoms with Crippen LogP contribution in [-0.2, 0) is 12.6 Å². The maximum atomic E-state index is 15.0. The summed E-state index contributed by atoms with van der Waals surface area (Å²) in [7, 11) is 0. The fourth-order valence-electron chi connectivity index (χ4n) is 5.63. The molecule has 0 saturated heterocycles. The van der Waals surface area contributed by atoms with Crippen molar-refractivity contribution < 1.29 is 35.1 Å². The Morgan fingerprint density at radius 3 is 2.00 bits per heavy atom. The lowest BCUT2D eigenvalue weighted by atomic mass is 9.76. The number of benzene rings is 3. The lowest BCUT2D eigenvalue weighted by Crippen LogP contribution is -2.16. The summed E-state index contributed by atoms with van der Waals surface area (Å²) in [5.74, 6) is -5.24. The Labute approximate surface area is 240 Å². The average Bonchev–Trinajstić information content (AvgIpc) is 2.95. The van der Waals surface area contributed by atoms with Gasteiger partial charge in [-0.1, -0.05) is 48.6 Å². The number of aryl methyl sites for hydroxylation is 1. The zero-order valence-electron chi connectivity index (χ0n) is 23.2. The van der Waals surface area contributed by atoms with E-state index in [2.05, 4.69) is 0 Å². The van der Waals surface area contributed by atoms with Crippen molar-refractivity contribution in [3.05, 3.63) is 112 Å².